The van der Waals surface area contributed by atoms with E-state index in [4.69, 9.17) is 0 Å². The number of hydrogen-bond donors (Lipinski definition) is 0. The fourth-order valence-electron chi connectivity index (χ4n) is 6.57. The Hall–Kier alpha value is -1.38. The largest absolute Gasteiger partial charge is 0.112 e. The van der Waals surface area contributed by atoms with Gasteiger partial charge in [-0.05, 0) is 77.7 Å². The average molecular weight is 417 g/mol. The minimum absolute atomic E-state index is 0.170. The Morgan fingerprint density at radius 3 is 1.59 bits per heavy atom. The molecule has 2 unspecified atom stereocenters. The van der Waals surface area contributed by atoms with E-state index in [2.05, 4.69) is 85.9 Å². The Labute approximate surface area is 183 Å². The molecule has 0 radical (unpaired) electrons. The number of thioether (sulfide) groups is 2. The number of rotatable bonds is 4. The number of fused-ring (bicyclic) bond motifs is 8. The molecule has 0 N–H and O–H groups in total. The molecule has 29 heavy (non-hydrogen) atoms. The molecule has 0 bridgehead atoms. The molecule has 148 valence electrons. The van der Waals surface area contributed by atoms with Gasteiger partial charge in [0.25, 0.3) is 0 Å². The quantitative estimate of drug-likeness (QED) is 0.491. The van der Waals surface area contributed by atoms with Crippen LogP contribution >= 0.6 is 23.5 Å². The maximum atomic E-state index is 2.41. The van der Waals surface area contributed by atoms with Gasteiger partial charge in [0.15, 0.2) is 0 Å². The summed E-state index contributed by atoms with van der Waals surface area (Å²) in [5.74, 6) is 0. The molecule has 2 heteroatoms. The average Bonchev–Trinajstić information content (AvgIpc) is 3.40. The van der Waals surface area contributed by atoms with Crippen molar-refractivity contribution < 1.29 is 0 Å². The summed E-state index contributed by atoms with van der Waals surface area (Å²) in [7, 11) is 0. The fraction of sp³-hybridized carbons (Fsp3) is 0.407. The van der Waals surface area contributed by atoms with Gasteiger partial charge < -0.3 is 0 Å². The summed E-state index contributed by atoms with van der Waals surface area (Å²) in [4.78, 5) is 3.03. The highest BCUT2D eigenvalue weighted by atomic mass is 32.2. The molecule has 2 aliphatic heterocycles. The smallest absolute Gasteiger partial charge is 0.0655 e. The Morgan fingerprint density at radius 2 is 1.14 bits per heavy atom. The van der Waals surface area contributed by atoms with Gasteiger partial charge in [-0.2, -0.15) is 0 Å². The third kappa shape index (κ3) is 2.20. The monoisotopic (exact) mass is 416 g/mol. The normalized spacial score (nSPS) is 28.9. The molecular formula is C27H28S2. The molecule has 0 saturated heterocycles. The van der Waals surface area contributed by atoms with Crippen LogP contribution in [0.4, 0.5) is 0 Å². The van der Waals surface area contributed by atoms with E-state index in [1.165, 1.54) is 54.7 Å². The minimum atomic E-state index is 0.170. The van der Waals surface area contributed by atoms with E-state index in [0.29, 0.717) is 0 Å². The van der Waals surface area contributed by atoms with Crippen LogP contribution in [-0.4, -0.2) is 9.49 Å². The maximum absolute atomic E-state index is 2.41. The summed E-state index contributed by atoms with van der Waals surface area (Å²) in [6.07, 6.45) is 8.87. The van der Waals surface area contributed by atoms with E-state index >= 15 is 0 Å². The van der Waals surface area contributed by atoms with E-state index < -0.39 is 0 Å². The van der Waals surface area contributed by atoms with Crippen LogP contribution in [0.1, 0.15) is 69.9 Å². The van der Waals surface area contributed by atoms with Gasteiger partial charge >= 0.3 is 0 Å². The van der Waals surface area contributed by atoms with Crippen molar-refractivity contribution in [2.75, 3.05) is 0 Å². The minimum Gasteiger partial charge on any atom is -0.112 e. The van der Waals surface area contributed by atoms with E-state index in [0.717, 1.165) is 0 Å². The highest BCUT2D eigenvalue weighted by Crippen LogP contribution is 2.75. The Kier molecular flexibility index (Phi) is 4.16. The van der Waals surface area contributed by atoms with E-state index in [-0.39, 0.29) is 9.49 Å². The topological polar surface area (TPSA) is 0 Å². The maximum Gasteiger partial charge on any atom is 0.0655 e. The van der Waals surface area contributed by atoms with Crippen molar-refractivity contribution in [3.8, 4) is 0 Å². The molecule has 0 nitrogen and oxygen atoms in total. The van der Waals surface area contributed by atoms with Gasteiger partial charge in [0, 0.05) is 9.79 Å². The molecule has 2 aliphatic carbocycles. The SMILES string of the molecule is CCCC12Sc3ccccc3C1=C1CCCC1=C1c3ccccc3SC12CCC. The van der Waals surface area contributed by atoms with Crippen LogP contribution in [0.15, 0.2) is 69.5 Å². The van der Waals surface area contributed by atoms with Gasteiger partial charge in [0.05, 0.1) is 9.49 Å². The van der Waals surface area contributed by atoms with Crippen molar-refractivity contribution >= 4 is 34.7 Å². The van der Waals surface area contributed by atoms with Crippen LogP contribution in [0.2, 0.25) is 0 Å². The van der Waals surface area contributed by atoms with Crippen molar-refractivity contribution in [1.82, 2.24) is 0 Å². The van der Waals surface area contributed by atoms with Crippen LogP contribution < -0.4 is 0 Å². The molecule has 2 heterocycles. The van der Waals surface area contributed by atoms with Crippen molar-refractivity contribution in [2.45, 2.75) is 78.1 Å². The Balaban J connectivity index is 1.74. The lowest BCUT2D eigenvalue weighted by atomic mass is 9.64. The standard InChI is InChI=1S/C27H28S2/c1-3-16-26-24(20-10-5-7-14-22(20)28-26)18-12-9-13-19(18)25-21-11-6-8-15-23(21)29-27(25,26)17-4-2/h5-8,10-11,14-15H,3-4,9,12-13,16-17H2,1-2H3. The van der Waals surface area contributed by atoms with Crippen LogP contribution in [0.25, 0.3) is 11.1 Å². The first-order valence-corrected chi connectivity index (χ1v) is 12.9. The lowest BCUT2D eigenvalue weighted by Gasteiger charge is -2.51. The van der Waals surface area contributed by atoms with Crippen molar-refractivity contribution in [2.24, 2.45) is 0 Å². The molecule has 6 rings (SSSR count). The van der Waals surface area contributed by atoms with Gasteiger partial charge in [-0.25, -0.2) is 0 Å². The zero-order chi connectivity index (χ0) is 19.6. The summed E-state index contributed by atoms with van der Waals surface area (Å²) >= 11 is 4.43. The zero-order valence-corrected chi connectivity index (χ0v) is 19.0. The van der Waals surface area contributed by atoms with Crippen LogP contribution in [-0.2, 0) is 0 Å². The molecule has 1 fully saturated rings. The fourth-order valence-corrected chi connectivity index (χ4v) is 10.4. The van der Waals surface area contributed by atoms with Crippen molar-refractivity contribution in [1.29, 1.82) is 0 Å². The Morgan fingerprint density at radius 1 is 0.690 bits per heavy atom. The molecular weight excluding hydrogens is 388 g/mol. The second-order valence-corrected chi connectivity index (χ2v) is 11.6. The molecule has 0 aromatic heterocycles. The molecule has 4 aliphatic rings. The molecule has 2 aromatic rings. The number of allylic oxidation sites excluding steroid dienone is 2. The second-order valence-electron chi connectivity index (χ2n) is 8.91. The van der Waals surface area contributed by atoms with E-state index in [9.17, 15) is 0 Å². The summed E-state index contributed by atoms with van der Waals surface area (Å²) in [6.45, 7) is 4.78. The van der Waals surface area contributed by atoms with Gasteiger partial charge in [-0.15, -0.1) is 23.5 Å². The highest BCUT2D eigenvalue weighted by Gasteiger charge is 2.65. The first-order chi connectivity index (χ1) is 14.3. The third-order valence-corrected chi connectivity index (χ3v) is 10.9. The van der Waals surface area contributed by atoms with Gasteiger partial charge in [0.1, 0.15) is 0 Å². The summed E-state index contributed by atoms with van der Waals surface area (Å²) in [5.41, 5.74) is 9.98. The molecule has 2 aromatic carbocycles. The number of hydrogen-bond acceptors (Lipinski definition) is 2. The first kappa shape index (κ1) is 18.4. The third-order valence-electron chi connectivity index (χ3n) is 7.37. The van der Waals surface area contributed by atoms with Crippen molar-refractivity contribution in [3.63, 3.8) is 0 Å². The van der Waals surface area contributed by atoms with E-state index in [1.54, 1.807) is 33.4 Å². The molecule has 0 amide bonds. The predicted octanol–water partition coefficient (Wildman–Crippen LogP) is 8.38. The van der Waals surface area contributed by atoms with E-state index in [1.807, 2.05) is 0 Å². The predicted molar refractivity (Wildman–Crippen MR) is 128 cm³/mol. The van der Waals surface area contributed by atoms with Crippen molar-refractivity contribution in [3.05, 3.63) is 70.8 Å². The van der Waals surface area contributed by atoms with Gasteiger partial charge in [0.2, 0.25) is 0 Å². The zero-order valence-electron chi connectivity index (χ0n) is 17.4. The first-order valence-electron chi connectivity index (χ1n) is 11.3. The Bertz CT molecular complexity index is 990. The number of benzene rings is 2. The molecule has 1 saturated carbocycles. The highest BCUT2D eigenvalue weighted by molar-refractivity contribution is 8.06. The molecule has 0 spiro atoms. The second kappa shape index (κ2) is 6.56. The van der Waals surface area contributed by atoms with Gasteiger partial charge in [-0.3, -0.25) is 0 Å². The lowest BCUT2D eigenvalue weighted by molar-refractivity contribution is 0.511. The van der Waals surface area contributed by atoms with Crippen LogP contribution in [0.3, 0.4) is 0 Å². The lowest BCUT2D eigenvalue weighted by Crippen LogP contribution is -2.50. The van der Waals surface area contributed by atoms with Gasteiger partial charge in [-0.1, -0.05) is 63.1 Å². The summed E-state index contributed by atoms with van der Waals surface area (Å²) in [6, 6.07) is 18.6. The summed E-state index contributed by atoms with van der Waals surface area (Å²) in [5, 5.41) is 0. The van der Waals surface area contributed by atoms with Crippen LogP contribution in [0.5, 0.6) is 0 Å². The summed E-state index contributed by atoms with van der Waals surface area (Å²) < 4.78 is 0.341. The van der Waals surface area contributed by atoms with Crippen LogP contribution in [0, 0.1) is 0 Å². The molecule has 2 atom stereocenters.